The van der Waals surface area contributed by atoms with Crippen LogP contribution < -0.4 is 25.0 Å². The Labute approximate surface area is 168 Å². The standard InChI is InChI=1S/C21H24FN3O4/c1-28-18-7-6-14(10-19(18)29-2)8-9-23-21(27)24-16-12-20(26)25(13-16)17-5-3-4-15(22)11-17/h3-7,10-11,16H,8-9,12-13H2,1-2H3,(H2,23,24,27)/t16-/m0/s1. The number of hydrogen-bond acceptors (Lipinski definition) is 4. The lowest BCUT2D eigenvalue weighted by Gasteiger charge is -2.17. The first-order valence-electron chi connectivity index (χ1n) is 9.31. The largest absolute Gasteiger partial charge is 0.493 e. The third kappa shape index (κ3) is 5.16. The highest BCUT2D eigenvalue weighted by atomic mass is 19.1. The third-order valence-electron chi connectivity index (χ3n) is 4.73. The first kappa shape index (κ1) is 20.4. The van der Waals surface area contributed by atoms with E-state index >= 15 is 0 Å². The van der Waals surface area contributed by atoms with Gasteiger partial charge in [0.25, 0.3) is 0 Å². The van der Waals surface area contributed by atoms with E-state index in [1.165, 1.54) is 17.0 Å². The van der Waals surface area contributed by atoms with Crippen molar-refractivity contribution in [3.05, 3.63) is 53.8 Å². The average molecular weight is 401 g/mol. The Hall–Kier alpha value is -3.29. The highest BCUT2D eigenvalue weighted by Crippen LogP contribution is 2.27. The van der Waals surface area contributed by atoms with E-state index in [4.69, 9.17) is 9.47 Å². The van der Waals surface area contributed by atoms with Crippen LogP contribution in [-0.4, -0.2) is 45.3 Å². The highest BCUT2D eigenvalue weighted by molar-refractivity contribution is 5.96. The summed E-state index contributed by atoms with van der Waals surface area (Å²) in [6.45, 7) is 0.737. The van der Waals surface area contributed by atoms with Crippen molar-refractivity contribution in [3.8, 4) is 11.5 Å². The SMILES string of the molecule is COc1ccc(CCNC(=O)N[C@H]2CC(=O)N(c3cccc(F)c3)C2)cc1OC. The maximum Gasteiger partial charge on any atom is 0.315 e. The lowest BCUT2D eigenvalue weighted by atomic mass is 10.1. The van der Waals surface area contributed by atoms with Crippen molar-refractivity contribution in [1.29, 1.82) is 0 Å². The monoisotopic (exact) mass is 401 g/mol. The van der Waals surface area contributed by atoms with Crippen LogP contribution in [0.2, 0.25) is 0 Å². The predicted molar refractivity (Wildman–Crippen MR) is 107 cm³/mol. The normalized spacial score (nSPS) is 15.9. The number of urea groups is 1. The summed E-state index contributed by atoms with van der Waals surface area (Å²) >= 11 is 0. The first-order valence-corrected chi connectivity index (χ1v) is 9.31. The minimum absolute atomic E-state index is 0.147. The number of halogens is 1. The molecule has 3 rings (SSSR count). The summed E-state index contributed by atoms with van der Waals surface area (Å²) in [5, 5.41) is 5.59. The van der Waals surface area contributed by atoms with Crippen LogP contribution in [0, 0.1) is 5.82 Å². The summed E-state index contributed by atoms with van der Waals surface area (Å²) in [6.07, 6.45) is 0.798. The lowest BCUT2D eigenvalue weighted by molar-refractivity contribution is -0.117. The van der Waals surface area contributed by atoms with E-state index in [9.17, 15) is 14.0 Å². The quantitative estimate of drug-likeness (QED) is 0.747. The Morgan fingerprint density at radius 1 is 1.17 bits per heavy atom. The number of amides is 3. The van der Waals surface area contributed by atoms with Crippen molar-refractivity contribution in [3.63, 3.8) is 0 Å². The molecule has 7 nitrogen and oxygen atoms in total. The molecule has 1 aliphatic heterocycles. The number of ether oxygens (including phenoxy) is 2. The number of carbonyl (C=O) groups is 2. The molecule has 1 saturated heterocycles. The van der Waals surface area contributed by atoms with Crippen molar-refractivity contribution in [1.82, 2.24) is 10.6 Å². The Bertz CT molecular complexity index is 890. The van der Waals surface area contributed by atoms with Crippen LogP contribution in [0.25, 0.3) is 0 Å². The second kappa shape index (κ2) is 9.27. The van der Waals surface area contributed by atoms with Crippen LogP contribution in [0.3, 0.4) is 0 Å². The second-order valence-electron chi connectivity index (χ2n) is 6.72. The van der Waals surface area contributed by atoms with Crippen molar-refractivity contribution < 1.29 is 23.5 Å². The number of nitrogens with zero attached hydrogens (tertiary/aromatic N) is 1. The number of anilines is 1. The van der Waals surface area contributed by atoms with E-state index in [1.54, 1.807) is 26.4 Å². The van der Waals surface area contributed by atoms with Gasteiger partial charge in [0, 0.05) is 25.2 Å². The fraction of sp³-hybridized carbons (Fsp3) is 0.333. The minimum Gasteiger partial charge on any atom is -0.493 e. The number of carbonyl (C=O) groups excluding carboxylic acids is 2. The van der Waals surface area contributed by atoms with Gasteiger partial charge in [-0.05, 0) is 42.3 Å². The molecule has 0 aliphatic carbocycles. The molecular formula is C21H24FN3O4. The van der Waals surface area contributed by atoms with E-state index in [0.29, 0.717) is 36.7 Å². The molecule has 1 atom stereocenters. The molecule has 1 fully saturated rings. The highest BCUT2D eigenvalue weighted by Gasteiger charge is 2.31. The Morgan fingerprint density at radius 3 is 2.69 bits per heavy atom. The molecule has 8 heteroatoms. The average Bonchev–Trinajstić information content (AvgIpc) is 3.07. The van der Waals surface area contributed by atoms with E-state index < -0.39 is 5.82 Å². The van der Waals surface area contributed by atoms with E-state index in [1.807, 2.05) is 18.2 Å². The minimum atomic E-state index is -0.403. The van der Waals surface area contributed by atoms with Crippen LogP contribution in [0.4, 0.5) is 14.9 Å². The molecule has 154 valence electrons. The third-order valence-corrected chi connectivity index (χ3v) is 4.73. The number of benzene rings is 2. The van der Waals surface area contributed by atoms with Gasteiger partial charge in [0.2, 0.25) is 5.91 Å². The lowest BCUT2D eigenvalue weighted by Crippen LogP contribution is -2.43. The predicted octanol–water partition coefficient (Wildman–Crippen LogP) is 2.49. The Balaban J connectivity index is 1.47. The molecule has 0 unspecified atom stereocenters. The smallest absolute Gasteiger partial charge is 0.315 e. The molecule has 1 aliphatic rings. The summed E-state index contributed by atoms with van der Waals surface area (Å²) in [6, 6.07) is 10.8. The Morgan fingerprint density at radius 2 is 1.97 bits per heavy atom. The summed E-state index contributed by atoms with van der Waals surface area (Å²) < 4.78 is 23.9. The van der Waals surface area contributed by atoms with E-state index in [2.05, 4.69) is 10.6 Å². The fourth-order valence-electron chi connectivity index (χ4n) is 3.29. The van der Waals surface area contributed by atoms with Crippen molar-refractivity contribution in [2.75, 3.05) is 32.2 Å². The molecule has 2 aromatic rings. The van der Waals surface area contributed by atoms with E-state index in [-0.39, 0.29) is 24.4 Å². The van der Waals surface area contributed by atoms with Crippen LogP contribution in [0.1, 0.15) is 12.0 Å². The van der Waals surface area contributed by atoms with E-state index in [0.717, 1.165) is 5.56 Å². The summed E-state index contributed by atoms with van der Waals surface area (Å²) in [5.74, 6) is 0.734. The molecular weight excluding hydrogens is 377 g/mol. The van der Waals surface area contributed by atoms with Crippen molar-refractivity contribution in [2.24, 2.45) is 0 Å². The maximum absolute atomic E-state index is 13.4. The zero-order chi connectivity index (χ0) is 20.8. The molecule has 0 aromatic heterocycles. The van der Waals surface area contributed by atoms with Crippen molar-refractivity contribution >= 4 is 17.6 Å². The zero-order valence-electron chi connectivity index (χ0n) is 16.4. The van der Waals surface area contributed by atoms with Gasteiger partial charge in [0.05, 0.1) is 20.3 Å². The van der Waals surface area contributed by atoms with Gasteiger partial charge in [0.15, 0.2) is 11.5 Å². The van der Waals surface area contributed by atoms with Crippen LogP contribution >= 0.6 is 0 Å². The zero-order valence-corrected chi connectivity index (χ0v) is 16.4. The van der Waals surface area contributed by atoms with Gasteiger partial charge in [-0.2, -0.15) is 0 Å². The summed E-state index contributed by atoms with van der Waals surface area (Å²) in [7, 11) is 3.15. The number of rotatable bonds is 7. The van der Waals surface area contributed by atoms with Gasteiger partial charge >= 0.3 is 6.03 Å². The van der Waals surface area contributed by atoms with Crippen LogP contribution in [0.15, 0.2) is 42.5 Å². The molecule has 2 N–H and O–H groups in total. The number of methoxy groups -OCH3 is 2. The van der Waals surface area contributed by atoms with Gasteiger partial charge in [-0.3, -0.25) is 4.79 Å². The maximum atomic E-state index is 13.4. The fourth-order valence-corrected chi connectivity index (χ4v) is 3.29. The van der Waals surface area contributed by atoms with Gasteiger partial charge in [-0.15, -0.1) is 0 Å². The molecule has 0 spiro atoms. The molecule has 1 heterocycles. The van der Waals surface area contributed by atoms with Crippen LogP contribution in [0.5, 0.6) is 11.5 Å². The number of nitrogens with one attached hydrogen (secondary N) is 2. The first-order chi connectivity index (χ1) is 14.0. The topological polar surface area (TPSA) is 79.9 Å². The molecule has 0 saturated carbocycles. The van der Waals surface area contributed by atoms with Crippen molar-refractivity contribution in [2.45, 2.75) is 18.9 Å². The summed E-state index contributed by atoms with van der Waals surface area (Å²) in [5.41, 5.74) is 1.49. The molecule has 3 amide bonds. The summed E-state index contributed by atoms with van der Waals surface area (Å²) in [4.78, 5) is 25.8. The van der Waals surface area contributed by atoms with Gasteiger partial charge in [-0.1, -0.05) is 12.1 Å². The van der Waals surface area contributed by atoms with Gasteiger partial charge in [0.1, 0.15) is 5.82 Å². The number of hydrogen-bond donors (Lipinski definition) is 2. The molecule has 0 radical (unpaired) electrons. The van der Waals surface area contributed by atoms with Crippen LogP contribution in [-0.2, 0) is 11.2 Å². The molecule has 29 heavy (non-hydrogen) atoms. The second-order valence-corrected chi connectivity index (χ2v) is 6.72. The Kier molecular flexibility index (Phi) is 6.54. The van der Waals surface area contributed by atoms with Gasteiger partial charge < -0.3 is 25.0 Å². The molecule has 2 aromatic carbocycles. The van der Waals surface area contributed by atoms with Gasteiger partial charge in [-0.25, -0.2) is 9.18 Å². The molecule has 0 bridgehead atoms.